The normalized spacial score (nSPS) is 13.4. The van der Waals surface area contributed by atoms with Gasteiger partial charge in [0.05, 0.1) is 109 Å². The van der Waals surface area contributed by atoms with Crippen LogP contribution in [0.3, 0.4) is 0 Å². The molecule has 22 heteroatoms. The minimum Gasteiger partial charge on any atom is -0.354 e. The van der Waals surface area contributed by atoms with E-state index >= 15 is 33.7 Å². The number of quaternary nitrogens is 2. The van der Waals surface area contributed by atoms with Crippen LogP contribution >= 0.6 is 0 Å². The van der Waals surface area contributed by atoms with E-state index in [1.54, 1.807) is 0 Å². The van der Waals surface area contributed by atoms with Gasteiger partial charge in [0, 0.05) is 57.4 Å². The van der Waals surface area contributed by atoms with Gasteiger partial charge in [-0.2, -0.15) is 0 Å². The van der Waals surface area contributed by atoms with Crippen LogP contribution in [0, 0.1) is 93.9 Å². The van der Waals surface area contributed by atoms with E-state index in [9.17, 15) is 0 Å². The second kappa shape index (κ2) is 32.8. The van der Waals surface area contributed by atoms with E-state index in [0.29, 0.717) is 169 Å². The lowest BCUT2D eigenvalue weighted by atomic mass is 9.82. The Morgan fingerprint density at radius 3 is 0.750 bits per heavy atom. The highest BCUT2D eigenvalue weighted by atomic mass is 32.2. The summed E-state index contributed by atoms with van der Waals surface area (Å²) in [5.41, 5.74) is 16.2. The molecule has 586 valence electrons. The number of hydrogen-bond acceptors (Lipinski definition) is 10. The fraction of sp³-hybridized carbons (Fsp3) is 0.488. The van der Waals surface area contributed by atoms with E-state index in [2.05, 4.69) is 112 Å². The molecule has 8 bridgehead atoms. The molecule has 2 aliphatic rings. The lowest BCUT2D eigenvalue weighted by molar-refractivity contribution is -0.904. The van der Waals surface area contributed by atoms with Crippen molar-refractivity contribution in [1.82, 2.24) is 38.8 Å². The summed E-state index contributed by atoms with van der Waals surface area (Å²) in [5, 5.41) is 0. The van der Waals surface area contributed by atoms with Crippen molar-refractivity contribution < 1.29 is 42.6 Å². The number of nitrogens with zero attached hydrogens (tertiary/aromatic N) is 4. The first-order valence-electron chi connectivity index (χ1n) is 38.8. The molecule has 3 aromatic heterocycles. The summed E-state index contributed by atoms with van der Waals surface area (Å²) < 4.78 is 135. The van der Waals surface area contributed by atoms with Crippen molar-refractivity contribution in [1.29, 1.82) is 0 Å². The number of aromatic nitrogens is 4. The van der Waals surface area contributed by atoms with Gasteiger partial charge in [0.25, 0.3) is 0 Å². The minimum absolute atomic E-state index is 0.0672. The summed E-state index contributed by atoms with van der Waals surface area (Å²) in [7, 11) is -12.4. The molecule has 5 heterocycles. The van der Waals surface area contributed by atoms with Gasteiger partial charge >= 0.3 is 0 Å². The summed E-state index contributed by atoms with van der Waals surface area (Å²) >= 11 is 0. The average molecular weight is 1550 g/mol. The van der Waals surface area contributed by atoms with Gasteiger partial charge in [0.15, 0.2) is 0 Å². The van der Waals surface area contributed by atoms with E-state index in [4.69, 9.17) is 9.97 Å². The van der Waals surface area contributed by atoms with Crippen LogP contribution in [0.25, 0.3) is 90.9 Å². The number of benzene rings is 4. The molecule has 0 atom stereocenters. The van der Waals surface area contributed by atoms with Gasteiger partial charge in [-0.05, 0) is 272 Å². The number of sulfonamides is 4. The minimum atomic E-state index is -4.16. The van der Waals surface area contributed by atoms with Gasteiger partial charge in [0.2, 0.25) is 40.1 Å². The number of H-pyrrole nitrogens is 2. The Kier molecular flexibility index (Phi) is 25.8. The first kappa shape index (κ1) is 85.0. The molecule has 0 saturated heterocycles. The second-order valence-electron chi connectivity index (χ2n) is 31.9. The predicted octanol–water partition coefficient (Wildman–Crippen LogP) is 17.5. The predicted molar refractivity (Wildman–Crippen MR) is 449 cm³/mol. The Balaban J connectivity index is 1.50. The van der Waals surface area contributed by atoms with Crippen molar-refractivity contribution in [3.8, 4) is 44.5 Å². The van der Waals surface area contributed by atoms with Crippen LogP contribution in [-0.4, -0.2) is 142 Å². The molecular weight excluding hydrogens is 1430 g/mol. The van der Waals surface area contributed by atoms with Crippen molar-refractivity contribution in [2.24, 2.45) is 10.8 Å². The van der Waals surface area contributed by atoms with E-state index < -0.39 is 40.1 Å². The molecule has 0 spiro atoms. The van der Waals surface area contributed by atoms with Gasteiger partial charge in [0.1, 0.15) is 0 Å². The maximum Gasteiger partial charge on any atom is 0.241 e. The van der Waals surface area contributed by atoms with Gasteiger partial charge in [-0.3, -0.25) is 0 Å². The quantitative estimate of drug-likeness (QED) is 0.0218. The molecule has 0 aliphatic carbocycles. The average Bonchev–Trinajstić information content (AvgIpc) is 1.30. The Morgan fingerprint density at radius 1 is 0.333 bits per heavy atom. The van der Waals surface area contributed by atoms with Crippen molar-refractivity contribution >= 4 is 86.5 Å². The van der Waals surface area contributed by atoms with Gasteiger partial charge in [-0.15, -0.1) is 0 Å². The van der Waals surface area contributed by atoms with Crippen LogP contribution in [0.5, 0.6) is 0 Å². The van der Waals surface area contributed by atoms with Crippen molar-refractivity contribution in [3.05, 3.63) is 138 Å². The highest BCUT2D eigenvalue weighted by molar-refractivity contribution is 7.90. The molecule has 0 amide bonds. The third-order valence-electron chi connectivity index (χ3n) is 24.8. The molecule has 0 unspecified atom stereocenters. The largest absolute Gasteiger partial charge is 0.354 e. The topological polar surface area (TPSA) is 242 Å². The van der Waals surface area contributed by atoms with Crippen LogP contribution in [0.4, 0.5) is 0 Å². The summed E-state index contributed by atoms with van der Waals surface area (Å²) in [5.74, 6) is 0. The van der Waals surface area contributed by atoms with Gasteiger partial charge in [-0.1, -0.05) is 91.5 Å². The number of nitrogens with one attached hydrogen (secondary N) is 6. The standard InChI is InChI=1S/C86H122N10O8S4/c1-25-85(21,26-2)41-43-87-105(97,98)81-57(13)49-53(9)73(61(81)17)77-65-33-34-66(91-65)78(74-54(10)50-58(14)82(62(74)18)106(99,100)88-44-42-86(22,27-3)28-4)68-36-38-70(93-68)80(76-56(12)52-60(16)84(64(76)20)108(103,104)90-46-48-96(24,31-7)32-8)72-40-39-71(94-72)79(69-37-35-67(77)92-69)75-55(11)51-59(15)83(63(75)19)107(101,102)89-45-47-95(23,29-5)30-6/h33-40,49-52,87-90,92-93H,25-32,41-48H2,1-24H3/q+2. The van der Waals surface area contributed by atoms with Crippen LogP contribution in [-0.2, 0) is 40.1 Å². The maximum atomic E-state index is 15.1. The molecule has 0 fully saturated rings. The number of aryl methyl sites for hydroxylation is 8. The highest BCUT2D eigenvalue weighted by Crippen LogP contribution is 2.47. The van der Waals surface area contributed by atoms with E-state index in [0.717, 1.165) is 74.1 Å². The van der Waals surface area contributed by atoms with E-state index in [1.807, 2.05) is 156 Å². The van der Waals surface area contributed by atoms with Crippen molar-refractivity contribution in [2.75, 3.05) is 79.5 Å². The molecule has 18 nitrogen and oxygen atoms in total. The highest BCUT2D eigenvalue weighted by Gasteiger charge is 2.34. The Labute approximate surface area is 647 Å². The molecule has 6 N–H and O–H groups in total. The summed E-state index contributed by atoms with van der Waals surface area (Å²) in [6.45, 7) is 49.3. The molecule has 0 radical (unpaired) electrons. The lowest BCUT2D eigenvalue weighted by Crippen LogP contribution is -2.48. The number of likely N-dealkylation sites (N-methyl/N-ethyl adjacent to an activating group) is 2. The smallest absolute Gasteiger partial charge is 0.241 e. The summed E-state index contributed by atoms with van der Waals surface area (Å²) in [4.78, 5) is 19.8. The summed E-state index contributed by atoms with van der Waals surface area (Å²) in [6, 6.07) is 15.5. The van der Waals surface area contributed by atoms with E-state index in [-0.39, 0.29) is 56.6 Å². The van der Waals surface area contributed by atoms with Gasteiger partial charge < -0.3 is 18.9 Å². The number of hydrogen-bond donors (Lipinski definition) is 6. The Hall–Kier alpha value is -6.96. The van der Waals surface area contributed by atoms with Crippen LogP contribution in [0.15, 0.2) is 68.1 Å². The summed E-state index contributed by atoms with van der Waals surface area (Å²) in [6.07, 6.45) is 12.6. The Morgan fingerprint density at radius 2 is 0.546 bits per heavy atom. The molecule has 4 aromatic carbocycles. The van der Waals surface area contributed by atoms with Crippen molar-refractivity contribution in [2.45, 2.75) is 210 Å². The second-order valence-corrected chi connectivity index (χ2v) is 38.8. The fourth-order valence-electron chi connectivity index (χ4n) is 16.6. The molecule has 9 rings (SSSR count). The maximum absolute atomic E-state index is 15.1. The lowest BCUT2D eigenvalue weighted by Gasteiger charge is -2.32. The first-order valence-corrected chi connectivity index (χ1v) is 44.7. The molecule has 7 aromatic rings. The molecule has 108 heavy (non-hydrogen) atoms. The third-order valence-corrected chi connectivity index (χ3v) is 31.8. The zero-order valence-electron chi connectivity index (χ0n) is 68.9. The van der Waals surface area contributed by atoms with Crippen LogP contribution < -0.4 is 18.9 Å². The molecule has 0 saturated carbocycles. The molecular formula is C86H122N10O8S4+2. The number of aromatic amines is 2. The van der Waals surface area contributed by atoms with Crippen molar-refractivity contribution in [3.63, 3.8) is 0 Å². The van der Waals surface area contributed by atoms with Crippen LogP contribution in [0.2, 0.25) is 0 Å². The first-order chi connectivity index (χ1) is 50.5. The fourth-order valence-corrected chi connectivity index (χ4v) is 22.6. The zero-order chi connectivity index (χ0) is 79.9. The van der Waals surface area contributed by atoms with E-state index in [1.165, 1.54) is 0 Å². The molecule has 2 aliphatic heterocycles. The SMILES string of the molecule is CCC(C)(CC)CCNS(=O)(=O)c1c(C)cc(C)c(-c2c3nc(c(-c4c(C)cc(C)c(S(=O)(=O)NCCC(C)(CC)CC)c4C)c4ccc([nH]4)c(-c4c(C)cc(C)c(S(=O)(=O)NCC[N+](C)(CC)CC)c4C)c4nc(c(-c5c(C)cc(C)c(S(=O)(=O)NCC[N+](C)(CC)CC)c5C)c5ccc2[nH]5)C=C4)C=C3)c1C. The third kappa shape index (κ3) is 16.9. The Bertz CT molecular complexity index is 4730. The zero-order valence-corrected chi connectivity index (χ0v) is 72.2. The monoisotopic (exact) mass is 1550 g/mol. The number of fused-ring (bicyclic) bond motifs is 8. The van der Waals surface area contributed by atoms with Gasteiger partial charge in [-0.25, -0.2) is 62.5 Å². The number of rotatable bonds is 32. The van der Waals surface area contributed by atoms with Crippen LogP contribution in [0.1, 0.15) is 197 Å².